The number of nitro benzene ring substituents is 1. The number of hydrogen-bond acceptors (Lipinski definition) is 5. The lowest BCUT2D eigenvalue weighted by molar-refractivity contribution is -0.385. The highest BCUT2D eigenvalue weighted by Crippen LogP contribution is 2.25. The first kappa shape index (κ1) is 21.7. The van der Waals surface area contributed by atoms with Gasteiger partial charge in [0, 0.05) is 44.4 Å². The van der Waals surface area contributed by atoms with Crippen LogP contribution in [0.2, 0.25) is 0 Å². The third-order valence-electron chi connectivity index (χ3n) is 5.05. The maximum atomic E-state index is 13.0. The van der Waals surface area contributed by atoms with E-state index in [0.29, 0.717) is 5.56 Å². The van der Waals surface area contributed by atoms with Crippen molar-refractivity contribution in [3.8, 4) is 0 Å². The number of hydrogen-bond donors (Lipinski definition) is 0. The molecule has 158 valence electrons. The first-order chi connectivity index (χ1) is 14.2. The molecule has 0 spiro atoms. The molecule has 1 aliphatic heterocycles. The largest absolute Gasteiger partial charge is 0.337 e. The lowest BCUT2D eigenvalue weighted by atomic mass is 10.1. The SMILES string of the molecule is Cc1ccc(C=CC(=O)N2CCN(S(=O)(=O)c3cc([N+](=O)[O-])ccc3C)CC2)cc1. The molecular formula is C21H23N3O5S. The van der Waals surface area contributed by atoms with Crippen LogP contribution in [0.25, 0.3) is 6.08 Å². The van der Waals surface area contributed by atoms with Crippen molar-refractivity contribution in [2.24, 2.45) is 0 Å². The molecule has 0 radical (unpaired) electrons. The van der Waals surface area contributed by atoms with E-state index in [4.69, 9.17) is 0 Å². The molecular weight excluding hydrogens is 406 g/mol. The molecule has 0 bridgehead atoms. The van der Waals surface area contributed by atoms with E-state index in [1.54, 1.807) is 17.9 Å². The summed E-state index contributed by atoms with van der Waals surface area (Å²) in [7, 11) is -3.88. The maximum Gasteiger partial charge on any atom is 0.270 e. The summed E-state index contributed by atoms with van der Waals surface area (Å²) in [5.74, 6) is -0.181. The highest BCUT2D eigenvalue weighted by molar-refractivity contribution is 7.89. The fourth-order valence-electron chi connectivity index (χ4n) is 3.22. The molecule has 3 rings (SSSR count). The van der Waals surface area contributed by atoms with Crippen LogP contribution in [-0.4, -0.2) is 54.6 Å². The summed E-state index contributed by atoms with van der Waals surface area (Å²) in [4.78, 5) is 24.4. The smallest absolute Gasteiger partial charge is 0.270 e. The Morgan fingerprint density at radius 2 is 1.67 bits per heavy atom. The van der Waals surface area contributed by atoms with Crippen LogP contribution in [0.4, 0.5) is 5.69 Å². The minimum atomic E-state index is -3.88. The fourth-order valence-corrected chi connectivity index (χ4v) is 4.89. The van der Waals surface area contributed by atoms with Crippen LogP contribution in [0.1, 0.15) is 16.7 Å². The number of sulfonamides is 1. The highest BCUT2D eigenvalue weighted by Gasteiger charge is 2.31. The Hall–Kier alpha value is -3.04. The lowest BCUT2D eigenvalue weighted by Gasteiger charge is -2.33. The van der Waals surface area contributed by atoms with Gasteiger partial charge in [-0.25, -0.2) is 8.42 Å². The molecule has 9 heteroatoms. The number of nitrogens with zero attached hydrogens (tertiary/aromatic N) is 3. The zero-order valence-electron chi connectivity index (χ0n) is 16.8. The number of carbonyl (C=O) groups excluding carboxylic acids is 1. The van der Waals surface area contributed by atoms with Crippen molar-refractivity contribution in [1.29, 1.82) is 0 Å². The Balaban J connectivity index is 1.67. The summed E-state index contributed by atoms with van der Waals surface area (Å²) in [5, 5.41) is 11.0. The second-order valence-corrected chi connectivity index (χ2v) is 9.09. The molecule has 0 atom stereocenters. The van der Waals surface area contributed by atoms with Crippen molar-refractivity contribution >= 4 is 27.7 Å². The molecule has 1 amide bonds. The number of aryl methyl sites for hydroxylation is 2. The Morgan fingerprint density at radius 3 is 2.27 bits per heavy atom. The van der Waals surface area contributed by atoms with Gasteiger partial charge in [-0.15, -0.1) is 0 Å². The van der Waals surface area contributed by atoms with E-state index in [9.17, 15) is 23.3 Å². The fraction of sp³-hybridized carbons (Fsp3) is 0.286. The quantitative estimate of drug-likeness (QED) is 0.413. The van der Waals surface area contributed by atoms with Crippen molar-refractivity contribution in [1.82, 2.24) is 9.21 Å². The Kier molecular flexibility index (Phi) is 6.33. The van der Waals surface area contributed by atoms with Crippen molar-refractivity contribution in [3.63, 3.8) is 0 Å². The molecule has 0 saturated carbocycles. The summed E-state index contributed by atoms with van der Waals surface area (Å²) < 4.78 is 27.2. The summed E-state index contributed by atoms with van der Waals surface area (Å²) in [6, 6.07) is 11.6. The standard InChI is InChI=1S/C21H23N3O5S/c1-16-3-6-18(7-4-16)8-10-21(25)22-11-13-23(14-12-22)30(28,29)20-15-19(24(26)27)9-5-17(20)2/h3-10,15H,11-14H2,1-2H3. The Bertz CT molecular complexity index is 1090. The van der Waals surface area contributed by atoms with Crippen LogP contribution < -0.4 is 0 Å². The van der Waals surface area contributed by atoms with Gasteiger partial charge in [-0.05, 0) is 31.1 Å². The number of benzene rings is 2. The summed E-state index contributed by atoms with van der Waals surface area (Å²) in [6.07, 6.45) is 3.22. The first-order valence-corrected chi connectivity index (χ1v) is 10.9. The topological polar surface area (TPSA) is 101 Å². The molecule has 2 aromatic carbocycles. The lowest BCUT2D eigenvalue weighted by Crippen LogP contribution is -2.50. The van der Waals surface area contributed by atoms with E-state index >= 15 is 0 Å². The molecule has 8 nitrogen and oxygen atoms in total. The molecule has 30 heavy (non-hydrogen) atoms. The van der Waals surface area contributed by atoms with Crippen LogP contribution in [0.5, 0.6) is 0 Å². The molecule has 1 heterocycles. The van der Waals surface area contributed by atoms with Crippen LogP contribution in [0.15, 0.2) is 53.4 Å². The molecule has 0 aromatic heterocycles. The molecule has 0 unspecified atom stereocenters. The minimum Gasteiger partial charge on any atom is -0.337 e. The summed E-state index contributed by atoms with van der Waals surface area (Å²) in [5.41, 5.74) is 2.22. The first-order valence-electron chi connectivity index (χ1n) is 9.47. The second kappa shape index (κ2) is 8.76. The molecule has 1 aliphatic rings. The number of carbonyl (C=O) groups is 1. The van der Waals surface area contributed by atoms with E-state index in [-0.39, 0.29) is 42.7 Å². The third-order valence-corrected chi connectivity index (χ3v) is 7.09. The Labute approximate surface area is 175 Å². The van der Waals surface area contributed by atoms with Gasteiger partial charge in [0.05, 0.1) is 9.82 Å². The van der Waals surface area contributed by atoms with Gasteiger partial charge in [-0.2, -0.15) is 4.31 Å². The van der Waals surface area contributed by atoms with E-state index in [1.165, 1.54) is 22.5 Å². The predicted octanol–water partition coefficient (Wildman–Crippen LogP) is 2.76. The van der Waals surface area contributed by atoms with Crippen molar-refractivity contribution in [3.05, 3.63) is 75.3 Å². The van der Waals surface area contributed by atoms with Crippen molar-refractivity contribution < 1.29 is 18.1 Å². The predicted molar refractivity (Wildman–Crippen MR) is 113 cm³/mol. The van der Waals surface area contributed by atoms with Gasteiger partial charge < -0.3 is 4.90 Å². The van der Waals surface area contributed by atoms with Gasteiger partial charge in [0.15, 0.2) is 0 Å². The minimum absolute atomic E-state index is 0.0734. The number of nitro groups is 1. The van der Waals surface area contributed by atoms with Gasteiger partial charge in [0.1, 0.15) is 0 Å². The van der Waals surface area contributed by atoms with Crippen LogP contribution in [0.3, 0.4) is 0 Å². The average molecular weight is 429 g/mol. The number of amides is 1. The number of piperazine rings is 1. The van der Waals surface area contributed by atoms with Gasteiger partial charge in [-0.3, -0.25) is 14.9 Å². The molecule has 2 aromatic rings. The van der Waals surface area contributed by atoms with Crippen LogP contribution in [-0.2, 0) is 14.8 Å². The van der Waals surface area contributed by atoms with E-state index in [2.05, 4.69) is 0 Å². The normalized spacial score (nSPS) is 15.5. The van der Waals surface area contributed by atoms with Gasteiger partial charge in [0.25, 0.3) is 5.69 Å². The van der Waals surface area contributed by atoms with E-state index < -0.39 is 14.9 Å². The summed E-state index contributed by atoms with van der Waals surface area (Å²) in [6.45, 7) is 4.37. The molecule has 1 saturated heterocycles. The average Bonchev–Trinajstić information content (AvgIpc) is 2.73. The zero-order chi connectivity index (χ0) is 21.9. The van der Waals surface area contributed by atoms with E-state index in [0.717, 1.165) is 17.2 Å². The maximum absolute atomic E-state index is 13.0. The van der Waals surface area contributed by atoms with E-state index in [1.807, 2.05) is 31.2 Å². The van der Waals surface area contributed by atoms with Crippen LogP contribution >= 0.6 is 0 Å². The monoisotopic (exact) mass is 429 g/mol. The van der Waals surface area contributed by atoms with Crippen molar-refractivity contribution in [2.75, 3.05) is 26.2 Å². The zero-order valence-corrected chi connectivity index (χ0v) is 17.6. The van der Waals surface area contributed by atoms with Gasteiger partial charge >= 0.3 is 0 Å². The highest BCUT2D eigenvalue weighted by atomic mass is 32.2. The third kappa shape index (κ3) is 4.74. The summed E-state index contributed by atoms with van der Waals surface area (Å²) >= 11 is 0. The van der Waals surface area contributed by atoms with Gasteiger partial charge in [0.2, 0.25) is 15.9 Å². The Morgan fingerprint density at radius 1 is 1.03 bits per heavy atom. The molecule has 0 N–H and O–H groups in total. The van der Waals surface area contributed by atoms with Crippen LogP contribution in [0, 0.1) is 24.0 Å². The molecule has 1 fully saturated rings. The van der Waals surface area contributed by atoms with Gasteiger partial charge in [-0.1, -0.05) is 35.9 Å². The number of non-ortho nitro benzene ring substituents is 1. The van der Waals surface area contributed by atoms with Crippen molar-refractivity contribution in [2.45, 2.75) is 18.7 Å². The number of rotatable bonds is 5. The molecule has 0 aliphatic carbocycles. The second-order valence-electron chi connectivity index (χ2n) is 7.18.